The Morgan fingerprint density at radius 3 is 1.91 bits per heavy atom. The molecule has 45 heavy (non-hydrogen) atoms. The van der Waals surface area contributed by atoms with Gasteiger partial charge in [-0.25, -0.2) is 10.2 Å². The number of alkyl halides is 3. The molecule has 1 aliphatic rings. The van der Waals surface area contributed by atoms with Crippen LogP contribution in [-0.2, 0) is 15.8 Å². The molecule has 1 saturated heterocycles. The van der Waals surface area contributed by atoms with Crippen LogP contribution in [0.2, 0.25) is 0 Å². The zero-order valence-corrected chi connectivity index (χ0v) is 25.3. The third kappa shape index (κ3) is 11.9. The van der Waals surface area contributed by atoms with Gasteiger partial charge < -0.3 is 21.1 Å². The van der Waals surface area contributed by atoms with Gasteiger partial charge in [-0.15, -0.1) is 24.8 Å². The van der Waals surface area contributed by atoms with Gasteiger partial charge in [-0.1, -0.05) is 18.2 Å². The van der Waals surface area contributed by atoms with Crippen LogP contribution in [-0.4, -0.2) is 78.2 Å². The molecule has 11 nitrogen and oxygen atoms in total. The highest BCUT2D eigenvalue weighted by Crippen LogP contribution is 2.30. The van der Waals surface area contributed by atoms with E-state index in [1.807, 2.05) is 9.80 Å². The van der Waals surface area contributed by atoms with Crippen molar-refractivity contribution in [2.24, 2.45) is 5.10 Å². The topological polar surface area (TPSA) is 138 Å². The molecule has 1 aliphatic heterocycles. The molecule has 1 heterocycles. The first-order valence-electron chi connectivity index (χ1n) is 13.2. The molecular formula is C29H32Cl2F3N7O4. The summed E-state index contributed by atoms with van der Waals surface area (Å²) in [6.07, 6.45) is -3.15. The lowest BCUT2D eigenvalue weighted by molar-refractivity contribution is -0.137. The Hall–Kier alpha value is -4.37. The highest BCUT2D eigenvalue weighted by Gasteiger charge is 2.30. The molecule has 4 rings (SSSR count). The summed E-state index contributed by atoms with van der Waals surface area (Å²) >= 11 is 0. The van der Waals surface area contributed by atoms with Crippen LogP contribution >= 0.6 is 24.8 Å². The number of urea groups is 1. The van der Waals surface area contributed by atoms with E-state index in [-0.39, 0.29) is 61.2 Å². The van der Waals surface area contributed by atoms with Crippen LogP contribution in [0.25, 0.3) is 0 Å². The highest BCUT2D eigenvalue weighted by atomic mass is 35.5. The first kappa shape index (κ1) is 36.8. The summed E-state index contributed by atoms with van der Waals surface area (Å²) in [6.45, 7) is 2.66. The average Bonchev–Trinajstić information content (AvgIpc) is 2.96. The van der Waals surface area contributed by atoms with Crippen LogP contribution in [0.3, 0.4) is 0 Å². The zero-order chi connectivity index (χ0) is 30.8. The van der Waals surface area contributed by atoms with Crippen molar-refractivity contribution >= 4 is 65.9 Å². The van der Waals surface area contributed by atoms with Gasteiger partial charge >= 0.3 is 12.2 Å². The number of carbonyl (C=O) groups is 3. The minimum Gasteiger partial charge on any atom is -0.507 e. The van der Waals surface area contributed by atoms with Crippen molar-refractivity contribution < 1.29 is 32.7 Å². The minimum atomic E-state index is -4.52. The summed E-state index contributed by atoms with van der Waals surface area (Å²) in [4.78, 5) is 40.8. The van der Waals surface area contributed by atoms with E-state index >= 15 is 0 Å². The van der Waals surface area contributed by atoms with Crippen molar-refractivity contribution in [3.63, 3.8) is 0 Å². The first-order valence-corrected chi connectivity index (χ1v) is 13.2. The molecule has 0 aliphatic carbocycles. The number of aromatic hydroxyl groups is 1. The molecule has 3 aromatic rings. The summed E-state index contributed by atoms with van der Waals surface area (Å²) < 4.78 is 38.6. The molecule has 242 valence electrons. The molecule has 5 N–H and O–H groups in total. The second-order valence-electron chi connectivity index (χ2n) is 9.69. The number of hydrazone groups is 1. The minimum absolute atomic E-state index is 0. The molecule has 0 unspecified atom stereocenters. The number of anilines is 3. The SMILES string of the molecule is Cl.Cl.O=C(CN1CCN(CC(=O)Nc2ccc(NC(=O)Nc3cccc(C(F)(F)F)c3)cc2)CC1)N/N=C/c1ccccc1O. The van der Waals surface area contributed by atoms with E-state index in [2.05, 4.69) is 26.5 Å². The number of phenols is 1. The van der Waals surface area contributed by atoms with Crippen molar-refractivity contribution in [2.45, 2.75) is 6.18 Å². The molecule has 0 atom stereocenters. The van der Waals surface area contributed by atoms with Crippen LogP contribution in [0.5, 0.6) is 5.75 Å². The monoisotopic (exact) mass is 669 g/mol. The molecule has 0 aromatic heterocycles. The fourth-order valence-corrected chi connectivity index (χ4v) is 4.22. The molecule has 16 heteroatoms. The largest absolute Gasteiger partial charge is 0.507 e. The molecule has 3 aromatic carbocycles. The molecule has 0 bridgehead atoms. The van der Waals surface area contributed by atoms with Gasteiger partial charge in [0.1, 0.15) is 5.75 Å². The Morgan fingerprint density at radius 1 is 0.756 bits per heavy atom. The summed E-state index contributed by atoms with van der Waals surface area (Å²) in [5, 5.41) is 21.3. The van der Waals surface area contributed by atoms with Crippen LogP contribution in [0.1, 0.15) is 11.1 Å². The Morgan fingerprint density at radius 2 is 1.31 bits per heavy atom. The van der Waals surface area contributed by atoms with Gasteiger partial charge in [-0.2, -0.15) is 18.3 Å². The van der Waals surface area contributed by atoms with Crippen molar-refractivity contribution in [3.05, 3.63) is 83.9 Å². The maximum atomic E-state index is 12.9. The highest BCUT2D eigenvalue weighted by molar-refractivity contribution is 6.00. The van der Waals surface area contributed by atoms with Gasteiger partial charge in [0.15, 0.2) is 0 Å². The normalized spacial score (nSPS) is 13.7. The number of benzene rings is 3. The van der Waals surface area contributed by atoms with Crippen molar-refractivity contribution in [2.75, 3.05) is 55.2 Å². The molecule has 0 spiro atoms. The number of nitrogens with zero attached hydrogens (tertiary/aromatic N) is 3. The number of amides is 4. The predicted molar refractivity (Wildman–Crippen MR) is 170 cm³/mol. The van der Waals surface area contributed by atoms with E-state index < -0.39 is 17.8 Å². The smallest absolute Gasteiger partial charge is 0.416 e. The summed E-state index contributed by atoms with van der Waals surface area (Å²) in [7, 11) is 0. The number of carbonyl (C=O) groups excluding carboxylic acids is 3. The number of nitrogens with one attached hydrogen (secondary N) is 4. The van der Waals surface area contributed by atoms with E-state index in [1.54, 1.807) is 42.5 Å². The van der Waals surface area contributed by atoms with Gasteiger partial charge in [-0.3, -0.25) is 19.4 Å². The lowest BCUT2D eigenvalue weighted by atomic mass is 10.2. The quantitative estimate of drug-likeness (QED) is 0.167. The second kappa shape index (κ2) is 17.2. The van der Waals surface area contributed by atoms with E-state index in [9.17, 15) is 32.7 Å². The lowest BCUT2D eigenvalue weighted by Gasteiger charge is -2.33. The Balaban J connectivity index is 0.00000353. The van der Waals surface area contributed by atoms with Crippen LogP contribution in [0.4, 0.5) is 35.0 Å². The first-order chi connectivity index (χ1) is 20.5. The fourth-order valence-electron chi connectivity index (χ4n) is 4.22. The fraction of sp³-hybridized carbons (Fsp3) is 0.241. The Labute approximate surface area is 269 Å². The lowest BCUT2D eigenvalue weighted by Crippen LogP contribution is -2.50. The number of para-hydroxylation sites is 1. The van der Waals surface area contributed by atoms with Gasteiger partial charge in [0.05, 0.1) is 24.9 Å². The summed E-state index contributed by atoms with van der Waals surface area (Å²) in [5.74, 6) is -0.453. The molecule has 0 radical (unpaired) electrons. The standard InChI is InChI=1S/C29H30F3N7O4.2ClH/c30-29(31,32)21-5-3-6-24(16-21)36-28(43)35-23-10-8-22(9-11-23)34-26(41)18-38-12-14-39(15-13-38)19-27(42)37-33-17-20-4-1-2-7-25(20)40;;/h1-11,16-17,40H,12-15,18-19H2,(H,34,41)(H,37,42)(H2,35,36,43);2*1H/b33-17+;;. The third-order valence-corrected chi connectivity index (χ3v) is 6.40. The van der Waals surface area contributed by atoms with E-state index in [0.717, 1.165) is 12.1 Å². The molecule has 0 saturated carbocycles. The maximum absolute atomic E-state index is 12.9. The summed E-state index contributed by atoms with van der Waals surface area (Å²) in [5.41, 5.74) is 2.94. The number of phenolic OH excluding ortho intramolecular Hbond substituents is 1. The van der Waals surface area contributed by atoms with E-state index in [1.165, 1.54) is 24.4 Å². The van der Waals surface area contributed by atoms with Crippen molar-refractivity contribution in [3.8, 4) is 5.75 Å². The van der Waals surface area contributed by atoms with Crippen LogP contribution < -0.4 is 21.4 Å². The maximum Gasteiger partial charge on any atom is 0.416 e. The van der Waals surface area contributed by atoms with Crippen LogP contribution in [0, 0.1) is 0 Å². The average molecular weight is 671 g/mol. The van der Waals surface area contributed by atoms with Gasteiger partial charge in [0.25, 0.3) is 5.91 Å². The molecular weight excluding hydrogens is 638 g/mol. The Kier molecular flexibility index (Phi) is 14.1. The second-order valence-corrected chi connectivity index (χ2v) is 9.69. The predicted octanol–water partition coefficient (Wildman–Crippen LogP) is 4.61. The third-order valence-electron chi connectivity index (χ3n) is 6.40. The summed E-state index contributed by atoms with van der Waals surface area (Å²) in [6, 6.07) is 16.5. The van der Waals surface area contributed by atoms with Gasteiger partial charge in [0.2, 0.25) is 5.91 Å². The number of piperazine rings is 1. The van der Waals surface area contributed by atoms with E-state index in [4.69, 9.17) is 0 Å². The number of hydrogen-bond donors (Lipinski definition) is 5. The van der Waals surface area contributed by atoms with Crippen molar-refractivity contribution in [1.29, 1.82) is 0 Å². The van der Waals surface area contributed by atoms with Crippen molar-refractivity contribution in [1.82, 2.24) is 15.2 Å². The van der Waals surface area contributed by atoms with E-state index in [0.29, 0.717) is 43.1 Å². The molecule has 1 fully saturated rings. The number of rotatable bonds is 9. The molecule has 4 amide bonds. The number of halogens is 5. The Bertz CT molecular complexity index is 1470. The zero-order valence-electron chi connectivity index (χ0n) is 23.7. The van der Waals surface area contributed by atoms with Gasteiger partial charge in [0, 0.05) is 48.8 Å². The van der Waals surface area contributed by atoms with Crippen LogP contribution in [0.15, 0.2) is 77.9 Å². The number of hydrogen-bond acceptors (Lipinski definition) is 7. The van der Waals surface area contributed by atoms with Gasteiger partial charge in [-0.05, 0) is 54.6 Å².